The van der Waals surface area contributed by atoms with Crippen LogP contribution in [-0.4, -0.2) is 51.1 Å². The summed E-state index contributed by atoms with van der Waals surface area (Å²) in [5.74, 6) is -0.274. The van der Waals surface area contributed by atoms with Crippen LogP contribution in [0.2, 0.25) is 0 Å². The minimum absolute atomic E-state index is 0.0935. The van der Waals surface area contributed by atoms with Crippen molar-refractivity contribution in [1.82, 2.24) is 14.5 Å². The molecule has 2 amide bonds. The SMILES string of the molecule is C=C(C)CC(=O)N(CCCO)C(=O)c1c(C)nc(OCCCC)n1CCC(C)C. The van der Waals surface area contributed by atoms with Crippen molar-refractivity contribution in [2.75, 3.05) is 19.8 Å². The van der Waals surface area contributed by atoms with Crippen molar-refractivity contribution < 1.29 is 19.4 Å². The van der Waals surface area contributed by atoms with E-state index in [0.717, 1.165) is 19.3 Å². The highest BCUT2D eigenvalue weighted by atomic mass is 16.5. The largest absolute Gasteiger partial charge is 0.465 e. The van der Waals surface area contributed by atoms with Crippen molar-refractivity contribution in [3.63, 3.8) is 0 Å². The van der Waals surface area contributed by atoms with Gasteiger partial charge in [0.25, 0.3) is 11.9 Å². The van der Waals surface area contributed by atoms with Gasteiger partial charge in [-0.3, -0.25) is 19.1 Å². The molecule has 1 N–H and O–H groups in total. The van der Waals surface area contributed by atoms with E-state index < -0.39 is 5.91 Å². The summed E-state index contributed by atoms with van der Waals surface area (Å²) < 4.78 is 7.65. The molecule has 0 bridgehead atoms. The number of ether oxygens (including phenoxy) is 1. The number of hydrogen-bond acceptors (Lipinski definition) is 5. The van der Waals surface area contributed by atoms with E-state index in [1.807, 2.05) is 0 Å². The number of amides is 2. The number of aryl methyl sites for hydroxylation is 1. The number of aliphatic hydroxyl groups is 1. The van der Waals surface area contributed by atoms with E-state index in [-0.39, 0.29) is 25.5 Å². The molecule has 1 aromatic rings. The first-order chi connectivity index (χ1) is 13.7. The summed E-state index contributed by atoms with van der Waals surface area (Å²) in [4.78, 5) is 31.7. The number of hydrogen-bond donors (Lipinski definition) is 1. The highest BCUT2D eigenvalue weighted by Crippen LogP contribution is 2.22. The number of aromatic nitrogens is 2. The molecule has 0 fully saturated rings. The molecule has 0 aromatic carbocycles. The van der Waals surface area contributed by atoms with Crippen LogP contribution in [0.3, 0.4) is 0 Å². The van der Waals surface area contributed by atoms with Crippen molar-refractivity contribution >= 4 is 11.8 Å². The van der Waals surface area contributed by atoms with Crippen LogP contribution in [0.25, 0.3) is 0 Å². The lowest BCUT2D eigenvalue weighted by Gasteiger charge is -2.22. The number of unbranched alkanes of at least 4 members (excludes halogenated alkanes) is 1. The van der Waals surface area contributed by atoms with Crippen molar-refractivity contribution in [2.45, 2.75) is 73.3 Å². The normalized spacial score (nSPS) is 11.0. The minimum Gasteiger partial charge on any atom is -0.465 e. The Balaban J connectivity index is 3.28. The topological polar surface area (TPSA) is 84.7 Å². The molecule has 1 heterocycles. The molecule has 0 aliphatic rings. The minimum atomic E-state index is -0.399. The van der Waals surface area contributed by atoms with Crippen molar-refractivity contribution in [3.05, 3.63) is 23.5 Å². The van der Waals surface area contributed by atoms with E-state index in [2.05, 4.69) is 32.3 Å². The van der Waals surface area contributed by atoms with Gasteiger partial charge < -0.3 is 9.84 Å². The second kappa shape index (κ2) is 12.4. The Kier molecular flexibility index (Phi) is 10.7. The smallest absolute Gasteiger partial charge is 0.297 e. The van der Waals surface area contributed by atoms with E-state index >= 15 is 0 Å². The Hall–Kier alpha value is -2.15. The zero-order chi connectivity index (χ0) is 22.0. The zero-order valence-electron chi connectivity index (χ0n) is 18.7. The maximum Gasteiger partial charge on any atom is 0.297 e. The molecule has 7 nitrogen and oxygen atoms in total. The predicted octanol–water partition coefficient (Wildman–Crippen LogP) is 3.73. The summed E-state index contributed by atoms with van der Waals surface area (Å²) in [6, 6.07) is 0.425. The van der Waals surface area contributed by atoms with Gasteiger partial charge in [0.05, 0.1) is 12.3 Å². The standard InChI is InChI=1S/C22H37N3O4/c1-7-8-14-29-22-23-18(6)20(25(22)12-10-16(2)3)21(28)24(11-9-13-26)19(27)15-17(4)5/h16,26H,4,7-15H2,1-3,5-6H3. The molecule has 164 valence electrons. The van der Waals surface area contributed by atoms with Gasteiger partial charge in [0.2, 0.25) is 5.91 Å². The summed E-state index contributed by atoms with van der Waals surface area (Å²) in [6.07, 6.45) is 3.18. The first-order valence-corrected chi connectivity index (χ1v) is 10.5. The quantitative estimate of drug-likeness (QED) is 0.398. The summed E-state index contributed by atoms with van der Waals surface area (Å²) >= 11 is 0. The van der Waals surface area contributed by atoms with E-state index in [4.69, 9.17) is 4.74 Å². The molecule has 0 spiro atoms. The average Bonchev–Trinajstić information content (AvgIpc) is 2.94. The Morgan fingerprint density at radius 1 is 1.31 bits per heavy atom. The summed E-state index contributed by atoms with van der Waals surface area (Å²) in [6.45, 7) is 14.8. The van der Waals surface area contributed by atoms with Crippen LogP contribution >= 0.6 is 0 Å². The molecule has 0 saturated heterocycles. The second-order valence-corrected chi connectivity index (χ2v) is 7.93. The lowest BCUT2D eigenvalue weighted by Crippen LogP contribution is -2.39. The van der Waals surface area contributed by atoms with Crippen LogP contribution in [0, 0.1) is 12.8 Å². The lowest BCUT2D eigenvalue weighted by atomic mass is 10.1. The molecule has 0 aliphatic heterocycles. The van der Waals surface area contributed by atoms with Crippen LogP contribution in [0.15, 0.2) is 12.2 Å². The Morgan fingerprint density at radius 2 is 2.00 bits per heavy atom. The Morgan fingerprint density at radius 3 is 2.55 bits per heavy atom. The molecule has 0 radical (unpaired) electrons. The molecule has 0 saturated carbocycles. The Labute approximate surface area is 174 Å². The van der Waals surface area contributed by atoms with Gasteiger partial charge in [0.15, 0.2) is 0 Å². The fourth-order valence-electron chi connectivity index (χ4n) is 2.88. The van der Waals surface area contributed by atoms with E-state index in [9.17, 15) is 14.7 Å². The van der Waals surface area contributed by atoms with Gasteiger partial charge in [-0.2, -0.15) is 4.98 Å². The zero-order valence-corrected chi connectivity index (χ0v) is 18.7. The molecular formula is C22H37N3O4. The molecule has 29 heavy (non-hydrogen) atoms. The van der Waals surface area contributed by atoms with E-state index in [1.165, 1.54) is 4.90 Å². The maximum absolute atomic E-state index is 13.4. The van der Waals surface area contributed by atoms with Crippen LogP contribution in [0.4, 0.5) is 0 Å². The summed E-state index contributed by atoms with van der Waals surface area (Å²) in [5.41, 5.74) is 1.61. The fourth-order valence-corrected chi connectivity index (χ4v) is 2.88. The predicted molar refractivity (Wildman–Crippen MR) is 114 cm³/mol. The molecule has 0 aliphatic carbocycles. The van der Waals surface area contributed by atoms with Gasteiger partial charge in [0.1, 0.15) is 5.69 Å². The molecule has 1 aromatic heterocycles. The number of imidazole rings is 1. The van der Waals surface area contributed by atoms with Crippen LogP contribution in [0.5, 0.6) is 6.01 Å². The number of rotatable bonds is 13. The van der Waals surface area contributed by atoms with Crippen LogP contribution in [-0.2, 0) is 11.3 Å². The average molecular weight is 408 g/mol. The van der Waals surface area contributed by atoms with E-state index in [0.29, 0.717) is 48.5 Å². The van der Waals surface area contributed by atoms with Gasteiger partial charge >= 0.3 is 0 Å². The van der Waals surface area contributed by atoms with Crippen LogP contribution < -0.4 is 4.74 Å². The summed E-state index contributed by atoms with van der Waals surface area (Å²) in [7, 11) is 0. The van der Waals surface area contributed by atoms with Gasteiger partial charge in [0, 0.05) is 26.1 Å². The number of imide groups is 1. The monoisotopic (exact) mass is 407 g/mol. The highest BCUT2D eigenvalue weighted by molar-refractivity contribution is 6.05. The fraction of sp³-hybridized carbons (Fsp3) is 0.682. The number of carbonyl (C=O) groups excluding carboxylic acids is 2. The first kappa shape index (κ1) is 24.9. The number of aliphatic hydroxyl groups excluding tert-OH is 1. The van der Waals surface area contributed by atoms with E-state index in [1.54, 1.807) is 18.4 Å². The van der Waals surface area contributed by atoms with Gasteiger partial charge in [-0.1, -0.05) is 39.3 Å². The van der Waals surface area contributed by atoms with Gasteiger partial charge in [-0.25, -0.2) is 0 Å². The molecule has 0 atom stereocenters. The third-order valence-corrected chi connectivity index (χ3v) is 4.51. The second-order valence-electron chi connectivity index (χ2n) is 7.93. The third-order valence-electron chi connectivity index (χ3n) is 4.51. The molecular weight excluding hydrogens is 370 g/mol. The van der Waals surface area contributed by atoms with Crippen LogP contribution in [0.1, 0.15) is 76.0 Å². The van der Waals surface area contributed by atoms with Crippen molar-refractivity contribution in [3.8, 4) is 6.01 Å². The number of nitrogens with zero attached hydrogens (tertiary/aromatic N) is 3. The molecule has 1 rings (SSSR count). The first-order valence-electron chi connectivity index (χ1n) is 10.5. The van der Waals surface area contributed by atoms with Gasteiger partial charge in [-0.15, -0.1) is 0 Å². The lowest BCUT2D eigenvalue weighted by molar-refractivity contribution is -0.128. The molecule has 0 unspecified atom stereocenters. The number of carbonyl (C=O) groups is 2. The van der Waals surface area contributed by atoms with Crippen molar-refractivity contribution in [2.24, 2.45) is 5.92 Å². The van der Waals surface area contributed by atoms with Gasteiger partial charge in [-0.05, 0) is 39.0 Å². The van der Waals surface area contributed by atoms with Crippen molar-refractivity contribution in [1.29, 1.82) is 0 Å². The summed E-state index contributed by atoms with van der Waals surface area (Å²) in [5, 5.41) is 9.21. The molecule has 7 heteroatoms. The highest BCUT2D eigenvalue weighted by Gasteiger charge is 2.29. The Bertz CT molecular complexity index is 694. The maximum atomic E-state index is 13.4. The third kappa shape index (κ3) is 7.65.